The minimum atomic E-state index is -0.480. The third-order valence-corrected chi connectivity index (χ3v) is 5.56. The number of aryl methyl sites for hydroxylation is 1. The molecule has 1 saturated carbocycles. The Bertz CT molecular complexity index is 1040. The van der Waals surface area contributed by atoms with E-state index in [0.29, 0.717) is 29.5 Å². The zero-order valence-electron chi connectivity index (χ0n) is 16.9. The molecule has 0 saturated heterocycles. The summed E-state index contributed by atoms with van der Waals surface area (Å²) >= 11 is 0. The molecular weight excluding hydrogens is 371 g/mol. The molecule has 7 heteroatoms. The van der Waals surface area contributed by atoms with Crippen molar-refractivity contribution in [1.82, 2.24) is 14.8 Å². The maximum Gasteiger partial charge on any atom is 0.274 e. The molecule has 29 heavy (non-hydrogen) atoms. The summed E-state index contributed by atoms with van der Waals surface area (Å²) in [5.74, 6) is 0.299. The lowest BCUT2D eigenvalue weighted by atomic mass is 9.91. The van der Waals surface area contributed by atoms with E-state index in [1.165, 1.54) is 31.4 Å². The smallest absolute Gasteiger partial charge is 0.274 e. The van der Waals surface area contributed by atoms with Crippen LogP contribution in [0.2, 0.25) is 0 Å². The van der Waals surface area contributed by atoms with Crippen molar-refractivity contribution in [3.63, 3.8) is 0 Å². The second-order valence-electron chi connectivity index (χ2n) is 8.56. The fourth-order valence-electron chi connectivity index (χ4n) is 4.03. The molecule has 1 aliphatic carbocycles. The van der Waals surface area contributed by atoms with Gasteiger partial charge in [-0.1, -0.05) is 13.8 Å². The van der Waals surface area contributed by atoms with Gasteiger partial charge >= 0.3 is 0 Å². The Kier molecular flexibility index (Phi) is 4.98. The van der Waals surface area contributed by atoms with Gasteiger partial charge in [0.15, 0.2) is 0 Å². The molecule has 1 N–H and O–H groups in total. The van der Waals surface area contributed by atoms with Crippen molar-refractivity contribution in [3.8, 4) is 5.88 Å². The molecule has 1 aromatic carbocycles. The van der Waals surface area contributed by atoms with Crippen LogP contribution in [0.5, 0.6) is 5.88 Å². The summed E-state index contributed by atoms with van der Waals surface area (Å²) in [4.78, 5) is 16.1. The first-order valence-corrected chi connectivity index (χ1v) is 9.83. The minimum absolute atomic E-state index is 0.153. The zero-order chi connectivity index (χ0) is 20.6. The van der Waals surface area contributed by atoms with E-state index in [4.69, 9.17) is 4.74 Å². The van der Waals surface area contributed by atoms with Gasteiger partial charge in [0.2, 0.25) is 5.88 Å². The number of benzene rings is 1. The van der Waals surface area contributed by atoms with Gasteiger partial charge in [-0.05, 0) is 60.9 Å². The van der Waals surface area contributed by atoms with Crippen LogP contribution < -0.4 is 10.1 Å². The molecule has 0 bridgehead atoms. The van der Waals surface area contributed by atoms with Crippen molar-refractivity contribution in [3.05, 3.63) is 48.0 Å². The molecule has 3 aromatic rings. The van der Waals surface area contributed by atoms with E-state index in [2.05, 4.69) is 29.2 Å². The van der Waals surface area contributed by atoms with E-state index in [-0.39, 0.29) is 5.69 Å². The van der Waals surface area contributed by atoms with Crippen molar-refractivity contribution in [1.29, 1.82) is 0 Å². The average Bonchev–Trinajstić information content (AvgIpc) is 3.19. The average molecular weight is 396 g/mol. The van der Waals surface area contributed by atoms with E-state index >= 15 is 0 Å². The molecule has 1 unspecified atom stereocenters. The Labute approximate surface area is 169 Å². The first-order valence-electron chi connectivity index (χ1n) is 9.83. The lowest BCUT2D eigenvalue weighted by Gasteiger charge is -2.17. The quantitative estimate of drug-likeness (QED) is 0.686. The fourth-order valence-corrected chi connectivity index (χ4v) is 4.03. The van der Waals surface area contributed by atoms with Gasteiger partial charge in [0.05, 0.1) is 23.7 Å². The number of rotatable bonds is 5. The number of ether oxygens (including phenoxy) is 1. The van der Waals surface area contributed by atoms with E-state index < -0.39 is 11.7 Å². The zero-order valence-corrected chi connectivity index (χ0v) is 16.9. The largest absolute Gasteiger partial charge is 0.476 e. The Balaban J connectivity index is 1.47. The summed E-state index contributed by atoms with van der Waals surface area (Å²) in [7, 11) is 1.85. The van der Waals surface area contributed by atoms with Gasteiger partial charge in [-0.3, -0.25) is 9.48 Å². The maximum absolute atomic E-state index is 13.0. The Hall–Kier alpha value is -2.96. The van der Waals surface area contributed by atoms with Crippen LogP contribution in [-0.4, -0.2) is 27.3 Å². The highest BCUT2D eigenvalue weighted by atomic mass is 19.1. The van der Waals surface area contributed by atoms with Crippen LogP contribution in [0.25, 0.3) is 10.9 Å². The molecule has 0 radical (unpaired) electrons. The van der Waals surface area contributed by atoms with E-state index in [0.717, 1.165) is 17.1 Å². The number of hydrogen-bond acceptors (Lipinski definition) is 4. The van der Waals surface area contributed by atoms with E-state index in [1.807, 2.05) is 19.2 Å². The standard InChI is InChI=1S/C22H25FN4O2/c1-22(2)9-8-14(11-22)13-29-21-17-6-5-16(10-19(17)27(3)26-21)25-20(28)18-7-4-15(23)12-24-18/h4-7,10,12,14H,8-9,11,13H2,1-3H3,(H,25,28). The molecule has 4 rings (SSSR count). The highest BCUT2D eigenvalue weighted by Crippen LogP contribution is 2.41. The van der Waals surface area contributed by atoms with Crippen LogP contribution in [0, 0.1) is 17.2 Å². The van der Waals surface area contributed by atoms with Gasteiger partial charge in [-0.2, -0.15) is 0 Å². The van der Waals surface area contributed by atoms with Crippen LogP contribution in [-0.2, 0) is 7.05 Å². The molecule has 2 heterocycles. The van der Waals surface area contributed by atoms with Crippen LogP contribution in [0.1, 0.15) is 43.6 Å². The molecule has 1 aliphatic rings. The first kappa shape index (κ1) is 19.4. The predicted molar refractivity (Wildman–Crippen MR) is 109 cm³/mol. The van der Waals surface area contributed by atoms with Gasteiger partial charge in [0.1, 0.15) is 11.5 Å². The molecular formula is C22H25FN4O2. The molecule has 6 nitrogen and oxygen atoms in total. The molecule has 1 amide bonds. The van der Waals surface area contributed by atoms with Gasteiger partial charge in [0, 0.05) is 12.7 Å². The highest BCUT2D eigenvalue weighted by Gasteiger charge is 2.31. The van der Waals surface area contributed by atoms with Crippen molar-refractivity contribution < 1.29 is 13.9 Å². The first-order chi connectivity index (χ1) is 13.8. The van der Waals surface area contributed by atoms with Gasteiger partial charge < -0.3 is 10.1 Å². The van der Waals surface area contributed by atoms with Crippen LogP contribution >= 0.6 is 0 Å². The summed E-state index contributed by atoms with van der Waals surface area (Å²) < 4.78 is 20.8. The lowest BCUT2D eigenvalue weighted by molar-refractivity contribution is 0.102. The topological polar surface area (TPSA) is 69.0 Å². The number of carbonyl (C=O) groups is 1. The summed E-state index contributed by atoms with van der Waals surface area (Å²) in [6.07, 6.45) is 4.61. The molecule has 1 atom stereocenters. The molecule has 0 spiro atoms. The number of halogens is 1. The number of fused-ring (bicyclic) bond motifs is 1. The Morgan fingerprint density at radius 2 is 2.17 bits per heavy atom. The third-order valence-electron chi connectivity index (χ3n) is 5.56. The highest BCUT2D eigenvalue weighted by molar-refractivity contribution is 6.04. The van der Waals surface area contributed by atoms with Crippen molar-refractivity contribution in [2.75, 3.05) is 11.9 Å². The molecule has 1 fully saturated rings. The summed E-state index contributed by atoms with van der Waals surface area (Å²) in [6, 6.07) is 8.10. The van der Waals surface area contributed by atoms with Gasteiger partial charge in [-0.25, -0.2) is 9.37 Å². The number of nitrogens with zero attached hydrogens (tertiary/aromatic N) is 3. The lowest BCUT2D eigenvalue weighted by Crippen LogP contribution is -2.13. The van der Waals surface area contributed by atoms with Crippen LogP contribution in [0.15, 0.2) is 36.5 Å². The maximum atomic E-state index is 13.0. The second kappa shape index (κ2) is 7.46. The summed E-state index contributed by atoms with van der Waals surface area (Å²) in [5.41, 5.74) is 2.02. The summed E-state index contributed by atoms with van der Waals surface area (Å²) in [6.45, 7) is 5.28. The number of carbonyl (C=O) groups excluding carboxylic acids is 1. The van der Waals surface area contributed by atoms with Gasteiger partial charge in [0.25, 0.3) is 5.91 Å². The Morgan fingerprint density at radius 3 is 2.86 bits per heavy atom. The number of anilines is 1. The van der Waals surface area contributed by atoms with Crippen molar-refractivity contribution in [2.45, 2.75) is 33.1 Å². The number of aromatic nitrogens is 3. The SMILES string of the molecule is Cn1nc(OCC2CCC(C)(C)C2)c2ccc(NC(=O)c3ccc(F)cn3)cc21. The van der Waals surface area contributed by atoms with Crippen LogP contribution in [0.3, 0.4) is 0 Å². The van der Waals surface area contributed by atoms with Crippen LogP contribution in [0.4, 0.5) is 10.1 Å². The number of hydrogen-bond donors (Lipinski definition) is 1. The minimum Gasteiger partial charge on any atom is -0.476 e. The van der Waals surface area contributed by atoms with E-state index in [1.54, 1.807) is 10.7 Å². The Morgan fingerprint density at radius 1 is 1.34 bits per heavy atom. The fraction of sp³-hybridized carbons (Fsp3) is 0.409. The summed E-state index contributed by atoms with van der Waals surface area (Å²) in [5, 5.41) is 8.19. The van der Waals surface area contributed by atoms with E-state index in [9.17, 15) is 9.18 Å². The second-order valence-corrected chi connectivity index (χ2v) is 8.56. The molecule has 2 aromatic heterocycles. The number of nitrogens with one attached hydrogen (secondary N) is 1. The molecule has 152 valence electrons. The normalized spacial score (nSPS) is 18.1. The third kappa shape index (κ3) is 4.23. The predicted octanol–water partition coefficient (Wildman–Crippen LogP) is 4.56. The number of pyridine rings is 1. The van der Waals surface area contributed by atoms with Gasteiger partial charge in [-0.15, -0.1) is 5.10 Å². The van der Waals surface area contributed by atoms with Crippen molar-refractivity contribution in [2.24, 2.45) is 18.4 Å². The number of amides is 1. The van der Waals surface area contributed by atoms with Crippen molar-refractivity contribution >= 4 is 22.5 Å². The monoisotopic (exact) mass is 396 g/mol. The molecule has 0 aliphatic heterocycles.